The fraction of sp³-hybridized carbons (Fsp3) is 0.400. The van der Waals surface area contributed by atoms with Crippen molar-refractivity contribution < 1.29 is 14.3 Å². The maximum absolute atomic E-state index is 11.3. The monoisotopic (exact) mass is 193 g/mol. The average molecular weight is 193 g/mol. The van der Waals surface area contributed by atoms with Gasteiger partial charge in [-0.05, 0) is 25.0 Å². The Balaban J connectivity index is 2.22. The lowest BCUT2D eigenvalue weighted by molar-refractivity contribution is 0.0588. The lowest BCUT2D eigenvalue weighted by Gasteiger charge is -2.07. The summed E-state index contributed by atoms with van der Waals surface area (Å²) in [6.07, 6.45) is 3.90. The summed E-state index contributed by atoms with van der Waals surface area (Å²) in [6, 6.07) is 3.47. The number of ether oxygens (including phenoxy) is 2. The SMILES string of the molecule is COC(=O)c1ncccc1OC1CC1. The predicted octanol–water partition coefficient (Wildman–Crippen LogP) is 1.41. The molecule has 0 atom stereocenters. The van der Waals surface area contributed by atoms with Crippen molar-refractivity contribution in [3.05, 3.63) is 24.0 Å². The standard InChI is InChI=1S/C10H11NO3/c1-13-10(12)9-8(3-2-6-11-9)14-7-4-5-7/h2-3,6-7H,4-5H2,1H3. The molecule has 4 nitrogen and oxygen atoms in total. The first-order valence-electron chi connectivity index (χ1n) is 4.51. The topological polar surface area (TPSA) is 48.4 Å². The number of hydrogen-bond donors (Lipinski definition) is 0. The van der Waals surface area contributed by atoms with Crippen LogP contribution >= 0.6 is 0 Å². The van der Waals surface area contributed by atoms with Crippen LogP contribution in [-0.2, 0) is 4.74 Å². The highest BCUT2D eigenvalue weighted by molar-refractivity contribution is 5.90. The van der Waals surface area contributed by atoms with Gasteiger partial charge in [-0.1, -0.05) is 0 Å². The van der Waals surface area contributed by atoms with E-state index in [1.54, 1.807) is 18.3 Å². The van der Waals surface area contributed by atoms with E-state index in [1.807, 2.05) is 0 Å². The van der Waals surface area contributed by atoms with Gasteiger partial charge in [0.1, 0.15) is 0 Å². The number of aromatic nitrogens is 1. The van der Waals surface area contributed by atoms with Crippen LogP contribution in [0.1, 0.15) is 23.3 Å². The van der Waals surface area contributed by atoms with Crippen LogP contribution in [0.4, 0.5) is 0 Å². The zero-order valence-electron chi connectivity index (χ0n) is 7.90. The van der Waals surface area contributed by atoms with Crippen molar-refractivity contribution in [3.8, 4) is 5.75 Å². The van der Waals surface area contributed by atoms with Gasteiger partial charge in [0.2, 0.25) is 0 Å². The highest BCUT2D eigenvalue weighted by atomic mass is 16.5. The molecule has 14 heavy (non-hydrogen) atoms. The molecule has 0 saturated heterocycles. The quantitative estimate of drug-likeness (QED) is 0.681. The highest BCUT2D eigenvalue weighted by Gasteiger charge is 2.26. The molecule has 0 N–H and O–H groups in total. The summed E-state index contributed by atoms with van der Waals surface area (Å²) in [4.78, 5) is 15.2. The van der Waals surface area contributed by atoms with E-state index in [-0.39, 0.29) is 11.8 Å². The second-order valence-corrected chi connectivity index (χ2v) is 3.16. The molecule has 1 fully saturated rings. The van der Waals surface area contributed by atoms with Gasteiger partial charge in [-0.3, -0.25) is 0 Å². The normalized spacial score (nSPS) is 14.9. The van der Waals surface area contributed by atoms with E-state index >= 15 is 0 Å². The van der Waals surface area contributed by atoms with Crippen LogP contribution in [0.25, 0.3) is 0 Å². The zero-order chi connectivity index (χ0) is 9.97. The Hall–Kier alpha value is -1.58. The fourth-order valence-electron chi connectivity index (χ4n) is 1.10. The van der Waals surface area contributed by atoms with Crippen molar-refractivity contribution in [2.45, 2.75) is 18.9 Å². The third kappa shape index (κ3) is 1.84. The first-order chi connectivity index (χ1) is 6.81. The molecule has 0 aromatic carbocycles. The molecule has 0 unspecified atom stereocenters. The second kappa shape index (κ2) is 3.65. The molecule has 1 aromatic rings. The summed E-state index contributed by atoms with van der Waals surface area (Å²) in [5, 5.41) is 0. The van der Waals surface area contributed by atoms with Crippen molar-refractivity contribution in [2.24, 2.45) is 0 Å². The van der Waals surface area contributed by atoms with Crippen molar-refractivity contribution >= 4 is 5.97 Å². The molecule has 2 rings (SSSR count). The molecular weight excluding hydrogens is 182 g/mol. The van der Waals surface area contributed by atoms with E-state index in [0.717, 1.165) is 12.8 Å². The van der Waals surface area contributed by atoms with E-state index in [1.165, 1.54) is 7.11 Å². The summed E-state index contributed by atoms with van der Waals surface area (Å²) < 4.78 is 10.1. The summed E-state index contributed by atoms with van der Waals surface area (Å²) in [7, 11) is 1.33. The zero-order valence-corrected chi connectivity index (χ0v) is 7.90. The first-order valence-corrected chi connectivity index (χ1v) is 4.51. The van der Waals surface area contributed by atoms with Crippen LogP contribution in [0.3, 0.4) is 0 Å². The van der Waals surface area contributed by atoms with Gasteiger partial charge in [0.05, 0.1) is 13.2 Å². The molecule has 74 valence electrons. The maximum Gasteiger partial charge on any atom is 0.360 e. The largest absolute Gasteiger partial charge is 0.488 e. The van der Waals surface area contributed by atoms with E-state index in [2.05, 4.69) is 9.72 Å². The summed E-state index contributed by atoms with van der Waals surface area (Å²) in [5.74, 6) is 0.0584. The van der Waals surface area contributed by atoms with E-state index < -0.39 is 5.97 Å². The van der Waals surface area contributed by atoms with E-state index in [9.17, 15) is 4.79 Å². The van der Waals surface area contributed by atoms with Crippen molar-refractivity contribution in [1.29, 1.82) is 0 Å². The molecule has 4 heteroatoms. The Morgan fingerprint density at radius 1 is 1.57 bits per heavy atom. The maximum atomic E-state index is 11.3. The van der Waals surface area contributed by atoms with Crippen LogP contribution in [-0.4, -0.2) is 24.2 Å². The minimum atomic E-state index is -0.457. The molecule has 0 bridgehead atoms. The molecule has 0 amide bonds. The predicted molar refractivity (Wildman–Crippen MR) is 49.2 cm³/mol. The number of nitrogens with zero attached hydrogens (tertiary/aromatic N) is 1. The van der Waals surface area contributed by atoms with E-state index in [0.29, 0.717) is 5.75 Å². The van der Waals surface area contributed by atoms with Gasteiger partial charge in [-0.15, -0.1) is 0 Å². The number of carbonyl (C=O) groups excluding carboxylic acids is 1. The number of pyridine rings is 1. The third-order valence-corrected chi connectivity index (χ3v) is 1.97. The van der Waals surface area contributed by atoms with Crippen molar-refractivity contribution in [2.75, 3.05) is 7.11 Å². The third-order valence-electron chi connectivity index (χ3n) is 1.97. The van der Waals surface area contributed by atoms with Gasteiger partial charge in [0, 0.05) is 6.20 Å². The van der Waals surface area contributed by atoms with Crippen LogP contribution in [0.15, 0.2) is 18.3 Å². The van der Waals surface area contributed by atoms with Crippen molar-refractivity contribution in [3.63, 3.8) is 0 Å². The molecule has 1 aliphatic rings. The molecule has 1 aromatic heterocycles. The minimum Gasteiger partial charge on any atom is -0.488 e. The molecule has 0 spiro atoms. The number of rotatable bonds is 3. The fourth-order valence-corrected chi connectivity index (χ4v) is 1.10. The number of hydrogen-bond acceptors (Lipinski definition) is 4. The molecular formula is C10H11NO3. The molecule has 1 aliphatic carbocycles. The van der Waals surface area contributed by atoms with Gasteiger partial charge in [0.15, 0.2) is 11.4 Å². The molecule has 1 heterocycles. The Bertz CT molecular complexity index is 347. The van der Waals surface area contributed by atoms with Crippen molar-refractivity contribution in [1.82, 2.24) is 4.98 Å². The van der Waals surface area contributed by atoms with Crippen LogP contribution in [0.5, 0.6) is 5.75 Å². The van der Waals surface area contributed by atoms with Crippen LogP contribution < -0.4 is 4.74 Å². The summed E-state index contributed by atoms with van der Waals surface area (Å²) in [5.41, 5.74) is 0.252. The molecule has 0 radical (unpaired) electrons. The summed E-state index contributed by atoms with van der Waals surface area (Å²) in [6.45, 7) is 0. The Labute approximate surface area is 81.9 Å². The highest BCUT2D eigenvalue weighted by Crippen LogP contribution is 2.28. The smallest absolute Gasteiger partial charge is 0.360 e. The first kappa shape index (κ1) is 8.99. The average Bonchev–Trinajstić information content (AvgIpc) is 3.01. The number of methoxy groups -OCH3 is 1. The number of esters is 1. The van der Waals surface area contributed by atoms with Crippen LogP contribution in [0.2, 0.25) is 0 Å². The Morgan fingerprint density at radius 2 is 2.36 bits per heavy atom. The van der Waals surface area contributed by atoms with Gasteiger partial charge >= 0.3 is 5.97 Å². The van der Waals surface area contributed by atoms with Gasteiger partial charge in [-0.25, -0.2) is 9.78 Å². The van der Waals surface area contributed by atoms with Gasteiger partial charge in [-0.2, -0.15) is 0 Å². The number of carbonyl (C=O) groups is 1. The molecule has 0 aliphatic heterocycles. The van der Waals surface area contributed by atoms with Crippen LogP contribution in [0, 0.1) is 0 Å². The van der Waals surface area contributed by atoms with Gasteiger partial charge < -0.3 is 9.47 Å². The lowest BCUT2D eigenvalue weighted by Crippen LogP contribution is -2.08. The molecule has 1 saturated carbocycles. The lowest BCUT2D eigenvalue weighted by atomic mass is 10.3. The Morgan fingerprint density at radius 3 is 3.00 bits per heavy atom. The minimum absolute atomic E-state index is 0.252. The van der Waals surface area contributed by atoms with Gasteiger partial charge in [0.25, 0.3) is 0 Å². The summed E-state index contributed by atoms with van der Waals surface area (Å²) >= 11 is 0. The van der Waals surface area contributed by atoms with E-state index in [4.69, 9.17) is 4.74 Å². The Kier molecular flexibility index (Phi) is 2.35. The second-order valence-electron chi connectivity index (χ2n) is 3.16.